The molecular weight excluding hydrogens is 370 g/mol. The lowest BCUT2D eigenvalue weighted by atomic mass is 9.92. The second-order valence-electron chi connectivity index (χ2n) is 8.12. The van der Waals surface area contributed by atoms with Gasteiger partial charge in [0.05, 0.1) is 17.8 Å². The van der Waals surface area contributed by atoms with Gasteiger partial charge in [-0.05, 0) is 58.6 Å². The fourth-order valence-electron chi connectivity index (χ4n) is 4.05. The average molecular weight is 404 g/mol. The minimum Gasteiger partial charge on any atom is -0.379 e. The SMILES string of the molecule is C=C(C)CN(CC)C1CCc2c(sc3ncn(CCCOC(C)C)c(=O)c23)C1. The number of ether oxygens (including phenoxy) is 1. The van der Waals surface area contributed by atoms with Crippen LogP contribution in [0.2, 0.25) is 0 Å². The normalized spacial score (nSPS) is 16.9. The average Bonchev–Trinajstić information content (AvgIpc) is 3.02. The van der Waals surface area contributed by atoms with Crippen molar-refractivity contribution in [2.24, 2.45) is 0 Å². The number of fused-ring (bicyclic) bond motifs is 3. The van der Waals surface area contributed by atoms with Gasteiger partial charge in [-0.15, -0.1) is 11.3 Å². The molecule has 2 aromatic heterocycles. The molecule has 0 N–H and O–H groups in total. The zero-order valence-electron chi connectivity index (χ0n) is 17.7. The number of aromatic nitrogens is 2. The molecule has 0 aromatic carbocycles. The van der Waals surface area contributed by atoms with E-state index in [1.165, 1.54) is 16.0 Å². The van der Waals surface area contributed by atoms with Crippen molar-refractivity contribution in [3.8, 4) is 0 Å². The Morgan fingerprint density at radius 3 is 2.96 bits per heavy atom. The molecule has 2 aromatic rings. The van der Waals surface area contributed by atoms with Gasteiger partial charge in [0, 0.05) is 30.6 Å². The lowest BCUT2D eigenvalue weighted by molar-refractivity contribution is 0.0747. The first-order valence-corrected chi connectivity index (χ1v) is 11.2. The van der Waals surface area contributed by atoms with Gasteiger partial charge in [0.2, 0.25) is 0 Å². The Balaban J connectivity index is 1.79. The van der Waals surface area contributed by atoms with Gasteiger partial charge < -0.3 is 4.74 Å². The van der Waals surface area contributed by atoms with Crippen LogP contribution in [0.5, 0.6) is 0 Å². The topological polar surface area (TPSA) is 47.4 Å². The summed E-state index contributed by atoms with van der Waals surface area (Å²) in [5, 5.41) is 0.855. The molecule has 1 aliphatic carbocycles. The smallest absolute Gasteiger partial charge is 0.262 e. The van der Waals surface area contributed by atoms with Gasteiger partial charge in [0.15, 0.2) is 0 Å². The molecule has 0 saturated carbocycles. The van der Waals surface area contributed by atoms with Crippen LogP contribution in [0.1, 0.15) is 51.0 Å². The first kappa shape index (κ1) is 21.2. The predicted molar refractivity (Wildman–Crippen MR) is 117 cm³/mol. The lowest BCUT2D eigenvalue weighted by Crippen LogP contribution is -2.39. The molecule has 0 amide bonds. The van der Waals surface area contributed by atoms with Crippen molar-refractivity contribution >= 4 is 21.6 Å². The zero-order valence-corrected chi connectivity index (χ0v) is 18.5. The van der Waals surface area contributed by atoms with Gasteiger partial charge in [0.25, 0.3) is 5.56 Å². The molecule has 0 spiro atoms. The molecule has 1 atom stereocenters. The molecule has 3 rings (SSSR count). The molecule has 0 radical (unpaired) electrons. The third-order valence-corrected chi connectivity index (χ3v) is 6.56. The number of hydrogen-bond acceptors (Lipinski definition) is 5. The van der Waals surface area contributed by atoms with Crippen LogP contribution in [0.4, 0.5) is 0 Å². The van der Waals surface area contributed by atoms with E-state index in [0.717, 1.165) is 49.0 Å². The molecule has 0 fully saturated rings. The summed E-state index contributed by atoms with van der Waals surface area (Å²) in [6.07, 6.45) is 5.83. The van der Waals surface area contributed by atoms with Crippen LogP contribution in [0.15, 0.2) is 23.3 Å². The highest BCUT2D eigenvalue weighted by Gasteiger charge is 2.28. The van der Waals surface area contributed by atoms with E-state index in [2.05, 4.69) is 30.3 Å². The number of aryl methyl sites for hydroxylation is 2. The highest BCUT2D eigenvalue weighted by atomic mass is 32.1. The summed E-state index contributed by atoms with van der Waals surface area (Å²) in [4.78, 5) is 22.4. The summed E-state index contributed by atoms with van der Waals surface area (Å²) in [5.74, 6) is 0. The van der Waals surface area contributed by atoms with Crippen molar-refractivity contribution in [3.63, 3.8) is 0 Å². The largest absolute Gasteiger partial charge is 0.379 e. The Hall–Kier alpha value is -1.50. The lowest BCUT2D eigenvalue weighted by Gasteiger charge is -2.33. The van der Waals surface area contributed by atoms with Gasteiger partial charge in [-0.1, -0.05) is 19.1 Å². The van der Waals surface area contributed by atoms with E-state index < -0.39 is 0 Å². The molecule has 154 valence electrons. The summed E-state index contributed by atoms with van der Waals surface area (Å²) in [7, 11) is 0. The Labute approximate surface area is 172 Å². The van der Waals surface area contributed by atoms with Gasteiger partial charge in [-0.2, -0.15) is 0 Å². The van der Waals surface area contributed by atoms with Crippen molar-refractivity contribution in [1.29, 1.82) is 0 Å². The molecule has 2 heterocycles. The standard InChI is InChI=1S/C22H33N3O2S/c1-6-24(13-15(2)3)17-8-9-18-19(12-17)28-21-20(18)22(26)25(14-23-21)10-7-11-27-16(4)5/h14,16-17H,2,6-13H2,1,3-5H3. The number of likely N-dealkylation sites (N-methyl/N-ethyl adjacent to an activating group) is 1. The van der Waals surface area contributed by atoms with Crippen molar-refractivity contribution < 1.29 is 4.74 Å². The molecule has 0 aliphatic heterocycles. The summed E-state index contributed by atoms with van der Waals surface area (Å²) < 4.78 is 7.35. The van der Waals surface area contributed by atoms with E-state index >= 15 is 0 Å². The second kappa shape index (κ2) is 9.33. The predicted octanol–water partition coefficient (Wildman–Crippen LogP) is 4.03. The van der Waals surface area contributed by atoms with E-state index in [1.807, 2.05) is 13.8 Å². The molecule has 1 unspecified atom stereocenters. The Morgan fingerprint density at radius 1 is 1.50 bits per heavy atom. The minimum absolute atomic E-state index is 0.111. The summed E-state index contributed by atoms with van der Waals surface area (Å²) in [6, 6.07) is 0.526. The van der Waals surface area contributed by atoms with Crippen LogP contribution in [-0.2, 0) is 24.1 Å². The van der Waals surface area contributed by atoms with Crippen LogP contribution < -0.4 is 5.56 Å². The van der Waals surface area contributed by atoms with Crippen molar-refractivity contribution in [1.82, 2.24) is 14.5 Å². The third kappa shape index (κ3) is 4.73. The number of thiophene rings is 1. The maximum Gasteiger partial charge on any atom is 0.262 e. The van der Waals surface area contributed by atoms with E-state index in [4.69, 9.17) is 4.74 Å². The first-order valence-electron chi connectivity index (χ1n) is 10.4. The van der Waals surface area contributed by atoms with Crippen LogP contribution >= 0.6 is 11.3 Å². The van der Waals surface area contributed by atoms with Crippen LogP contribution in [0.3, 0.4) is 0 Å². The third-order valence-electron chi connectivity index (χ3n) is 5.40. The summed E-state index contributed by atoms with van der Waals surface area (Å²) >= 11 is 1.71. The second-order valence-corrected chi connectivity index (χ2v) is 9.20. The number of hydrogen-bond donors (Lipinski definition) is 0. The van der Waals surface area contributed by atoms with Gasteiger partial charge in [-0.3, -0.25) is 14.3 Å². The molecule has 1 aliphatic rings. The monoisotopic (exact) mass is 403 g/mol. The van der Waals surface area contributed by atoms with Crippen molar-refractivity contribution in [2.45, 2.75) is 72.1 Å². The van der Waals surface area contributed by atoms with Crippen molar-refractivity contribution in [3.05, 3.63) is 39.3 Å². The molecule has 6 heteroatoms. The summed E-state index contributed by atoms with van der Waals surface area (Å²) in [6.45, 7) is 15.7. The van der Waals surface area contributed by atoms with E-state index in [-0.39, 0.29) is 11.7 Å². The first-order chi connectivity index (χ1) is 13.4. The Kier molecular flexibility index (Phi) is 7.07. The van der Waals surface area contributed by atoms with Crippen LogP contribution in [-0.4, -0.2) is 46.3 Å². The minimum atomic E-state index is 0.111. The Bertz CT molecular complexity index is 884. The van der Waals surface area contributed by atoms with Gasteiger partial charge >= 0.3 is 0 Å². The van der Waals surface area contributed by atoms with Crippen LogP contribution in [0, 0.1) is 0 Å². The fraction of sp³-hybridized carbons (Fsp3) is 0.636. The summed E-state index contributed by atoms with van der Waals surface area (Å²) in [5.41, 5.74) is 2.56. The van der Waals surface area contributed by atoms with Crippen LogP contribution in [0.25, 0.3) is 10.2 Å². The van der Waals surface area contributed by atoms with Gasteiger partial charge in [0.1, 0.15) is 4.83 Å². The molecular formula is C22H33N3O2S. The Morgan fingerprint density at radius 2 is 2.29 bits per heavy atom. The highest BCUT2D eigenvalue weighted by molar-refractivity contribution is 7.18. The number of nitrogens with zero attached hydrogens (tertiary/aromatic N) is 3. The van der Waals surface area contributed by atoms with Gasteiger partial charge in [-0.25, -0.2) is 4.98 Å². The molecule has 28 heavy (non-hydrogen) atoms. The highest BCUT2D eigenvalue weighted by Crippen LogP contribution is 2.35. The molecule has 0 bridgehead atoms. The maximum atomic E-state index is 13.1. The number of rotatable bonds is 9. The van der Waals surface area contributed by atoms with E-state index in [9.17, 15) is 4.79 Å². The molecule has 0 saturated heterocycles. The quantitative estimate of drug-likeness (QED) is 0.468. The zero-order chi connectivity index (χ0) is 20.3. The van der Waals surface area contributed by atoms with Crippen molar-refractivity contribution in [2.75, 3.05) is 19.7 Å². The van der Waals surface area contributed by atoms with E-state index in [0.29, 0.717) is 19.2 Å². The molecule has 5 nitrogen and oxygen atoms in total. The maximum absolute atomic E-state index is 13.1. The fourth-order valence-corrected chi connectivity index (χ4v) is 5.30. The van der Waals surface area contributed by atoms with E-state index in [1.54, 1.807) is 22.2 Å².